The van der Waals surface area contributed by atoms with Crippen LogP contribution in [0.2, 0.25) is 0 Å². The minimum atomic E-state index is -1.31. The van der Waals surface area contributed by atoms with E-state index in [1.165, 1.54) is 4.90 Å². The number of amides is 3. The third kappa shape index (κ3) is 7.77. The minimum Gasteiger partial charge on any atom is -0.481 e. The van der Waals surface area contributed by atoms with Gasteiger partial charge in [0.05, 0.1) is 12.5 Å². The van der Waals surface area contributed by atoms with Gasteiger partial charge >= 0.3 is 11.9 Å². The number of carbonyl (C=O) groups is 5. The molecule has 0 bridgehead atoms. The van der Waals surface area contributed by atoms with E-state index in [1.807, 2.05) is 20.8 Å². The zero-order chi connectivity index (χ0) is 24.6. The molecule has 5 atom stereocenters. The second kappa shape index (κ2) is 12.4. The van der Waals surface area contributed by atoms with E-state index in [0.29, 0.717) is 25.8 Å². The molecule has 0 aliphatic carbocycles. The maximum atomic E-state index is 13.3. The van der Waals surface area contributed by atoms with E-state index in [-0.39, 0.29) is 18.3 Å². The summed E-state index contributed by atoms with van der Waals surface area (Å²) >= 11 is 0. The Hall–Kier alpha value is -2.69. The quantitative estimate of drug-likeness (QED) is 0.270. The third-order valence-corrected chi connectivity index (χ3v) is 5.67. The van der Waals surface area contributed by atoms with Crippen molar-refractivity contribution in [1.82, 2.24) is 15.5 Å². The van der Waals surface area contributed by atoms with Crippen LogP contribution in [0.5, 0.6) is 0 Å². The lowest BCUT2D eigenvalue weighted by atomic mass is 9.96. The van der Waals surface area contributed by atoms with Crippen molar-refractivity contribution in [2.24, 2.45) is 17.6 Å². The molecule has 5 unspecified atom stereocenters. The highest BCUT2D eigenvalue weighted by molar-refractivity contribution is 5.95. The van der Waals surface area contributed by atoms with Gasteiger partial charge in [-0.05, 0) is 31.1 Å². The van der Waals surface area contributed by atoms with Gasteiger partial charge in [0.15, 0.2) is 0 Å². The van der Waals surface area contributed by atoms with E-state index in [0.717, 1.165) is 0 Å². The number of carboxylic acids is 2. The SMILES string of the molecule is CCC(C)C(NC(=O)C(N)CC(=O)O)C(=O)N1CCCC1C(=O)NC(CC(C)C)C(=O)O. The van der Waals surface area contributed by atoms with Gasteiger partial charge in [-0.25, -0.2) is 4.79 Å². The number of aliphatic carboxylic acids is 2. The first-order chi connectivity index (χ1) is 14.9. The van der Waals surface area contributed by atoms with Crippen LogP contribution in [-0.2, 0) is 24.0 Å². The first-order valence-electron chi connectivity index (χ1n) is 11.0. The number of likely N-dealkylation sites (tertiary alicyclic amines) is 1. The Labute approximate surface area is 188 Å². The van der Waals surface area contributed by atoms with E-state index in [9.17, 15) is 29.1 Å². The molecule has 1 rings (SSSR count). The van der Waals surface area contributed by atoms with Crippen molar-refractivity contribution in [2.45, 2.75) is 84.0 Å². The Morgan fingerprint density at radius 1 is 1.09 bits per heavy atom. The molecule has 0 saturated carbocycles. The summed E-state index contributed by atoms with van der Waals surface area (Å²) in [7, 11) is 0. The summed E-state index contributed by atoms with van der Waals surface area (Å²) < 4.78 is 0. The molecule has 1 aliphatic rings. The van der Waals surface area contributed by atoms with Gasteiger partial charge in [0, 0.05) is 6.54 Å². The zero-order valence-electron chi connectivity index (χ0n) is 19.2. The van der Waals surface area contributed by atoms with Crippen molar-refractivity contribution >= 4 is 29.7 Å². The predicted octanol–water partition coefficient (Wildman–Crippen LogP) is -0.0742. The van der Waals surface area contributed by atoms with Crippen LogP contribution in [-0.4, -0.2) is 75.5 Å². The first-order valence-corrected chi connectivity index (χ1v) is 11.0. The molecule has 1 heterocycles. The molecule has 1 fully saturated rings. The van der Waals surface area contributed by atoms with Crippen LogP contribution in [0.15, 0.2) is 0 Å². The van der Waals surface area contributed by atoms with Gasteiger partial charge in [-0.2, -0.15) is 0 Å². The first kappa shape index (κ1) is 27.3. The van der Waals surface area contributed by atoms with Crippen LogP contribution in [0.4, 0.5) is 0 Å². The smallest absolute Gasteiger partial charge is 0.326 e. The van der Waals surface area contributed by atoms with E-state index < -0.39 is 60.2 Å². The van der Waals surface area contributed by atoms with Gasteiger partial charge in [-0.3, -0.25) is 19.2 Å². The van der Waals surface area contributed by atoms with E-state index in [4.69, 9.17) is 10.8 Å². The normalized spacial score (nSPS) is 19.7. The van der Waals surface area contributed by atoms with Crippen molar-refractivity contribution in [3.8, 4) is 0 Å². The number of carboxylic acid groups (broad SMARTS) is 2. The Morgan fingerprint density at radius 3 is 2.22 bits per heavy atom. The number of hydrogen-bond donors (Lipinski definition) is 5. The van der Waals surface area contributed by atoms with Gasteiger partial charge in [-0.1, -0.05) is 34.1 Å². The second-order valence-electron chi connectivity index (χ2n) is 8.79. The molecule has 11 heteroatoms. The molecule has 1 saturated heterocycles. The average Bonchev–Trinajstić information content (AvgIpc) is 3.19. The summed E-state index contributed by atoms with van der Waals surface area (Å²) in [6.45, 7) is 7.60. The number of rotatable bonds is 12. The summed E-state index contributed by atoms with van der Waals surface area (Å²) in [5.74, 6) is -4.37. The van der Waals surface area contributed by atoms with Crippen LogP contribution in [0.3, 0.4) is 0 Å². The van der Waals surface area contributed by atoms with E-state index in [2.05, 4.69) is 10.6 Å². The van der Waals surface area contributed by atoms with E-state index >= 15 is 0 Å². The standard InChI is InChI=1S/C21H36N4O7/c1-5-12(4)17(24-18(28)13(22)10-16(26)27)20(30)25-8-6-7-15(25)19(29)23-14(21(31)32)9-11(2)3/h11-15,17H,5-10,22H2,1-4H3,(H,23,29)(H,24,28)(H,26,27)(H,31,32). The predicted molar refractivity (Wildman–Crippen MR) is 115 cm³/mol. The lowest BCUT2D eigenvalue weighted by molar-refractivity contribution is -0.145. The molecule has 1 aliphatic heterocycles. The number of nitrogens with zero attached hydrogens (tertiary/aromatic N) is 1. The summed E-state index contributed by atoms with van der Waals surface area (Å²) in [4.78, 5) is 62.2. The molecule has 3 amide bonds. The van der Waals surface area contributed by atoms with Crippen molar-refractivity contribution < 1.29 is 34.2 Å². The van der Waals surface area contributed by atoms with Crippen LogP contribution < -0.4 is 16.4 Å². The Kier molecular flexibility index (Phi) is 10.6. The molecule has 0 aromatic heterocycles. The fraction of sp³-hybridized carbons (Fsp3) is 0.762. The largest absolute Gasteiger partial charge is 0.481 e. The maximum absolute atomic E-state index is 13.3. The molecular weight excluding hydrogens is 420 g/mol. The van der Waals surface area contributed by atoms with Crippen molar-refractivity contribution in [2.75, 3.05) is 6.54 Å². The molecule has 0 radical (unpaired) electrons. The van der Waals surface area contributed by atoms with Gasteiger partial charge in [0.1, 0.15) is 18.1 Å². The monoisotopic (exact) mass is 456 g/mol. The molecule has 6 N–H and O–H groups in total. The summed E-state index contributed by atoms with van der Waals surface area (Å²) in [5.41, 5.74) is 5.62. The molecule has 32 heavy (non-hydrogen) atoms. The number of nitrogens with one attached hydrogen (secondary N) is 2. The molecular formula is C21H36N4O7. The Bertz CT molecular complexity index is 712. The van der Waals surface area contributed by atoms with Crippen molar-refractivity contribution in [1.29, 1.82) is 0 Å². The number of carbonyl (C=O) groups excluding carboxylic acids is 3. The Balaban J connectivity index is 2.98. The van der Waals surface area contributed by atoms with Gasteiger partial charge in [0.25, 0.3) is 0 Å². The molecule has 182 valence electrons. The lowest BCUT2D eigenvalue weighted by Gasteiger charge is -2.32. The average molecular weight is 457 g/mol. The highest BCUT2D eigenvalue weighted by atomic mass is 16.4. The minimum absolute atomic E-state index is 0.0534. The van der Waals surface area contributed by atoms with E-state index in [1.54, 1.807) is 6.92 Å². The topological polar surface area (TPSA) is 179 Å². The highest BCUT2D eigenvalue weighted by Crippen LogP contribution is 2.22. The molecule has 11 nitrogen and oxygen atoms in total. The lowest BCUT2D eigenvalue weighted by Crippen LogP contribution is -2.58. The van der Waals surface area contributed by atoms with Crippen molar-refractivity contribution in [3.05, 3.63) is 0 Å². The zero-order valence-corrected chi connectivity index (χ0v) is 19.2. The van der Waals surface area contributed by atoms with Crippen LogP contribution in [0.25, 0.3) is 0 Å². The summed E-state index contributed by atoms with van der Waals surface area (Å²) in [6, 6.07) is -4.18. The third-order valence-electron chi connectivity index (χ3n) is 5.67. The second-order valence-corrected chi connectivity index (χ2v) is 8.79. The molecule has 0 spiro atoms. The molecule has 0 aromatic carbocycles. The highest BCUT2D eigenvalue weighted by Gasteiger charge is 2.40. The van der Waals surface area contributed by atoms with Gasteiger partial charge in [-0.15, -0.1) is 0 Å². The molecule has 0 aromatic rings. The van der Waals surface area contributed by atoms with Gasteiger partial charge in [0.2, 0.25) is 17.7 Å². The maximum Gasteiger partial charge on any atom is 0.326 e. The van der Waals surface area contributed by atoms with Crippen molar-refractivity contribution in [3.63, 3.8) is 0 Å². The number of nitrogens with two attached hydrogens (primary N) is 1. The van der Waals surface area contributed by atoms with Crippen LogP contribution >= 0.6 is 0 Å². The Morgan fingerprint density at radius 2 is 1.72 bits per heavy atom. The summed E-state index contributed by atoms with van der Waals surface area (Å²) in [6.07, 6.45) is 1.17. The van der Waals surface area contributed by atoms with Crippen LogP contribution in [0.1, 0.15) is 59.8 Å². The number of hydrogen-bond acceptors (Lipinski definition) is 6. The van der Waals surface area contributed by atoms with Crippen LogP contribution in [0, 0.1) is 11.8 Å². The fourth-order valence-corrected chi connectivity index (χ4v) is 3.67. The summed E-state index contributed by atoms with van der Waals surface area (Å²) in [5, 5.41) is 23.3. The van der Waals surface area contributed by atoms with Gasteiger partial charge < -0.3 is 31.5 Å². The fourth-order valence-electron chi connectivity index (χ4n) is 3.67.